The maximum absolute atomic E-state index is 13.0. The number of hydrogen-bond donors (Lipinski definition) is 0. The summed E-state index contributed by atoms with van der Waals surface area (Å²) in [5, 5.41) is 0. The standard InChI is InChI=1S/C23H34N4O4/c28-21(25-8-3-1-2-4-9-25)17-24-12-14-27(15-13-24)22(29)19-5-10-26(11-6-19)23(30)20-7-16-31-18-20/h7,16,18-19H,1-6,8-15,17H2. The Morgan fingerprint density at radius 2 is 1.48 bits per heavy atom. The Labute approximate surface area is 184 Å². The van der Waals surface area contributed by atoms with E-state index in [1.54, 1.807) is 11.0 Å². The number of amides is 3. The van der Waals surface area contributed by atoms with Crippen molar-refractivity contribution in [3.8, 4) is 0 Å². The highest BCUT2D eigenvalue weighted by Gasteiger charge is 2.32. The van der Waals surface area contributed by atoms with Gasteiger partial charge in [-0.15, -0.1) is 0 Å². The lowest BCUT2D eigenvalue weighted by Crippen LogP contribution is -2.53. The Kier molecular flexibility index (Phi) is 7.27. The van der Waals surface area contributed by atoms with Crippen LogP contribution in [-0.4, -0.2) is 96.2 Å². The fourth-order valence-corrected chi connectivity index (χ4v) is 4.89. The molecule has 0 N–H and O–H groups in total. The van der Waals surface area contributed by atoms with E-state index in [-0.39, 0.29) is 23.6 Å². The first-order valence-corrected chi connectivity index (χ1v) is 11.7. The number of piperazine rings is 1. The van der Waals surface area contributed by atoms with Gasteiger partial charge in [-0.3, -0.25) is 19.3 Å². The van der Waals surface area contributed by atoms with Gasteiger partial charge in [0.15, 0.2) is 0 Å². The first-order valence-electron chi connectivity index (χ1n) is 11.7. The van der Waals surface area contributed by atoms with Crippen LogP contribution in [0.25, 0.3) is 0 Å². The molecule has 0 bridgehead atoms. The molecule has 3 fully saturated rings. The van der Waals surface area contributed by atoms with E-state index in [1.807, 2.05) is 9.80 Å². The summed E-state index contributed by atoms with van der Waals surface area (Å²) >= 11 is 0. The Bertz CT molecular complexity index is 742. The predicted molar refractivity (Wildman–Crippen MR) is 115 cm³/mol. The third kappa shape index (κ3) is 5.47. The normalized spacial score (nSPS) is 21.7. The van der Waals surface area contributed by atoms with Crippen molar-refractivity contribution in [2.75, 3.05) is 58.9 Å². The molecule has 1 aromatic heterocycles. The molecular weight excluding hydrogens is 396 g/mol. The maximum Gasteiger partial charge on any atom is 0.257 e. The van der Waals surface area contributed by atoms with Gasteiger partial charge < -0.3 is 19.1 Å². The van der Waals surface area contributed by atoms with E-state index in [1.165, 1.54) is 25.4 Å². The molecule has 3 aliphatic rings. The number of carbonyl (C=O) groups is 3. The van der Waals surface area contributed by atoms with Crippen LogP contribution in [0.15, 0.2) is 23.0 Å². The quantitative estimate of drug-likeness (QED) is 0.726. The minimum absolute atomic E-state index is 0.0151. The van der Waals surface area contributed by atoms with E-state index in [2.05, 4.69) is 4.90 Å². The molecule has 3 aliphatic heterocycles. The second kappa shape index (κ2) is 10.3. The van der Waals surface area contributed by atoms with E-state index >= 15 is 0 Å². The molecule has 3 amide bonds. The van der Waals surface area contributed by atoms with Crippen molar-refractivity contribution in [3.63, 3.8) is 0 Å². The van der Waals surface area contributed by atoms with Gasteiger partial charge in [-0.25, -0.2) is 0 Å². The molecule has 0 spiro atoms. The van der Waals surface area contributed by atoms with Crippen molar-refractivity contribution < 1.29 is 18.8 Å². The largest absolute Gasteiger partial charge is 0.472 e. The van der Waals surface area contributed by atoms with Gasteiger partial charge in [-0.2, -0.15) is 0 Å². The maximum atomic E-state index is 13.0. The molecule has 3 saturated heterocycles. The van der Waals surface area contributed by atoms with E-state index in [4.69, 9.17) is 4.42 Å². The molecule has 31 heavy (non-hydrogen) atoms. The van der Waals surface area contributed by atoms with Gasteiger partial charge in [0.25, 0.3) is 5.91 Å². The van der Waals surface area contributed by atoms with Crippen molar-refractivity contribution in [3.05, 3.63) is 24.2 Å². The lowest BCUT2D eigenvalue weighted by atomic mass is 9.94. The number of hydrogen-bond acceptors (Lipinski definition) is 5. The van der Waals surface area contributed by atoms with Gasteiger partial charge in [0.05, 0.1) is 18.4 Å². The van der Waals surface area contributed by atoms with Crippen LogP contribution in [-0.2, 0) is 9.59 Å². The summed E-state index contributed by atoms with van der Waals surface area (Å²) in [5.74, 6) is 0.395. The van der Waals surface area contributed by atoms with Crippen LogP contribution < -0.4 is 0 Å². The lowest BCUT2D eigenvalue weighted by molar-refractivity contribution is -0.139. The fourth-order valence-electron chi connectivity index (χ4n) is 4.89. The van der Waals surface area contributed by atoms with Crippen LogP contribution in [0.4, 0.5) is 0 Å². The molecule has 0 aliphatic carbocycles. The molecule has 0 radical (unpaired) electrons. The van der Waals surface area contributed by atoms with Crippen LogP contribution in [0.5, 0.6) is 0 Å². The van der Waals surface area contributed by atoms with Gasteiger partial charge in [0.2, 0.25) is 11.8 Å². The Morgan fingerprint density at radius 3 is 2.10 bits per heavy atom. The molecule has 8 heteroatoms. The number of piperidine rings is 1. The molecule has 4 rings (SSSR count). The van der Waals surface area contributed by atoms with Crippen molar-refractivity contribution in [2.24, 2.45) is 5.92 Å². The Hall–Kier alpha value is -2.35. The topological polar surface area (TPSA) is 77.3 Å². The monoisotopic (exact) mass is 430 g/mol. The zero-order chi connectivity index (χ0) is 21.6. The highest BCUT2D eigenvalue weighted by atomic mass is 16.3. The summed E-state index contributed by atoms with van der Waals surface area (Å²) in [6.45, 7) is 6.32. The Morgan fingerprint density at radius 1 is 0.806 bits per heavy atom. The number of carbonyl (C=O) groups excluding carboxylic acids is 3. The SMILES string of the molecule is O=C(CN1CCN(C(=O)C2CCN(C(=O)c3ccoc3)CC2)CC1)N1CCCCCC1. The summed E-state index contributed by atoms with van der Waals surface area (Å²) in [5.41, 5.74) is 0.565. The van der Waals surface area contributed by atoms with Crippen LogP contribution in [0, 0.1) is 5.92 Å². The van der Waals surface area contributed by atoms with Crippen molar-refractivity contribution >= 4 is 17.7 Å². The molecule has 170 valence electrons. The first kappa shape index (κ1) is 21.9. The predicted octanol–water partition coefficient (Wildman–Crippen LogP) is 1.68. The highest BCUT2D eigenvalue weighted by molar-refractivity contribution is 5.94. The van der Waals surface area contributed by atoms with Crippen LogP contribution in [0.1, 0.15) is 48.9 Å². The van der Waals surface area contributed by atoms with E-state index in [0.29, 0.717) is 51.1 Å². The van der Waals surface area contributed by atoms with Crippen LogP contribution >= 0.6 is 0 Å². The second-order valence-electron chi connectivity index (χ2n) is 8.97. The van der Waals surface area contributed by atoms with Gasteiger partial charge in [0, 0.05) is 58.3 Å². The number of likely N-dealkylation sites (tertiary alicyclic amines) is 2. The molecule has 4 heterocycles. The highest BCUT2D eigenvalue weighted by Crippen LogP contribution is 2.22. The third-order valence-electron chi connectivity index (χ3n) is 6.90. The summed E-state index contributed by atoms with van der Waals surface area (Å²) in [4.78, 5) is 46.0. The van der Waals surface area contributed by atoms with Crippen molar-refractivity contribution in [1.82, 2.24) is 19.6 Å². The van der Waals surface area contributed by atoms with Gasteiger partial charge in [-0.05, 0) is 31.7 Å². The number of nitrogens with zero attached hydrogens (tertiary/aromatic N) is 4. The van der Waals surface area contributed by atoms with E-state index in [0.717, 1.165) is 39.0 Å². The zero-order valence-electron chi connectivity index (χ0n) is 18.3. The minimum atomic E-state index is -0.0256. The van der Waals surface area contributed by atoms with Gasteiger partial charge in [-0.1, -0.05) is 12.8 Å². The second-order valence-corrected chi connectivity index (χ2v) is 8.97. The average Bonchev–Trinajstić information content (AvgIpc) is 3.21. The molecular formula is C23H34N4O4. The minimum Gasteiger partial charge on any atom is -0.472 e. The number of rotatable bonds is 4. The molecule has 0 unspecified atom stereocenters. The summed E-state index contributed by atoms with van der Waals surface area (Å²) in [6, 6.07) is 1.68. The third-order valence-corrected chi connectivity index (χ3v) is 6.90. The first-order chi connectivity index (χ1) is 15.1. The molecule has 8 nitrogen and oxygen atoms in total. The fraction of sp³-hybridized carbons (Fsp3) is 0.696. The molecule has 1 aromatic rings. The molecule has 0 saturated carbocycles. The zero-order valence-corrected chi connectivity index (χ0v) is 18.3. The number of furan rings is 1. The summed E-state index contributed by atoms with van der Waals surface area (Å²) in [6.07, 6.45) is 9.05. The van der Waals surface area contributed by atoms with Crippen LogP contribution in [0.2, 0.25) is 0 Å². The van der Waals surface area contributed by atoms with Crippen molar-refractivity contribution in [2.45, 2.75) is 38.5 Å². The smallest absolute Gasteiger partial charge is 0.257 e. The molecule has 0 aromatic carbocycles. The van der Waals surface area contributed by atoms with Gasteiger partial charge in [0.1, 0.15) is 6.26 Å². The van der Waals surface area contributed by atoms with Crippen molar-refractivity contribution in [1.29, 1.82) is 0 Å². The van der Waals surface area contributed by atoms with E-state index < -0.39 is 0 Å². The summed E-state index contributed by atoms with van der Waals surface area (Å²) in [7, 11) is 0. The lowest BCUT2D eigenvalue weighted by Gasteiger charge is -2.38. The molecule has 0 atom stereocenters. The van der Waals surface area contributed by atoms with E-state index in [9.17, 15) is 14.4 Å². The summed E-state index contributed by atoms with van der Waals surface area (Å²) < 4.78 is 5.00. The van der Waals surface area contributed by atoms with Gasteiger partial charge >= 0.3 is 0 Å². The van der Waals surface area contributed by atoms with Crippen LogP contribution in [0.3, 0.4) is 0 Å². The average molecular weight is 431 g/mol. The Balaban J connectivity index is 1.19.